The van der Waals surface area contributed by atoms with E-state index in [1.54, 1.807) is 18.3 Å². The molecule has 5 nitrogen and oxygen atoms in total. The molecule has 1 aliphatic heterocycles. The highest BCUT2D eigenvalue weighted by Crippen LogP contribution is 2.21. The van der Waals surface area contributed by atoms with Gasteiger partial charge in [0, 0.05) is 51.0 Å². The van der Waals surface area contributed by atoms with Gasteiger partial charge in [-0.05, 0) is 36.6 Å². The third-order valence-corrected chi connectivity index (χ3v) is 5.29. The molecule has 0 unspecified atom stereocenters. The first-order valence-corrected chi connectivity index (χ1v) is 9.75. The van der Waals surface area contributed by atoms with Crippen LogP contribution in [0.5, 0.6) is 0 Å². The van der Waals surface area contributed by atoms with Gasteiger partial charge in [-0.1, -0.05) is 26.0 Å². The van der Waals surface area contributed by atoms with Crippen molar-refractivity contribution >= 4 is 5.91 Å². The molecule has 1 saturated heterocycles. The van der Waals surface area contributed by atoms with E-state index in [1.165, 1.54) is 12.1 Å². The number of benzene rings is 1. The van der Waals surface area contributed by atoms with E-state index in [0.29, 0.717) is 18.9 Å². The van der Waals surface area contributed by atoms with Crippen LogP contribution in [0, 0.1) is 11.7 Å². The predicted octanol–water partition coefficient (Wildman–Crippen LogP) is 3.17. The molecule has 2 aromatic rings. The molecule has 0 radical (unpaired) electrons. The van der Waals surface area contributed by atoms with Gasteiger partial charge in [0.05, 0.1) is 6.33 Å². The maximum Gasteiger partial charge on any atom is 0.224 e. The average molecular weight is 372 g/mol. The Kier molecular flexibility index (Phi) is 6.61. The smallest absolute Gasteiger partial charge is 0.224 e. The summed E-state index contributed by atoms with van der Waals surface area (Å²) in [5.41, 5.74) is 0.976. The summed E-state index contributed by atoms with van der Waals surface area (Å²) in [6, 6.07) is 6.63. The fourth-order valence-electron chi connectivity index (χ4n) is 3.70. The zero-order chi connectivity index (χ0) is 19.2. The summed E-state index contributed by atoms with van der Waals surface area (Å²) in [5.74, 6) is 0.309. The van der Waals surface area contributed by atoms with E-state index in [0.717, 1.165) is 38.2 Å². The van der Waals surface area contributed by atoms with E-state index in [2.05, 4.69) is 28.3 Å². The van der Waals surface area contributed by atoms with Crippen molar-refractivity contribution in [1.29, 1.82) is 0 Å². The first-order valence-electron chi connectivity index (χ1n) is 9.75. The maximum atomic E-state index is 13.2. The minimum absolute atomic E-state index is 0.165. The number of aryl methyl sites for hydroxylation is 1. The van der Waals surface area contributed by atoms with Crippen LogP contribution in [0.25, 0.3) is 0 Å². The van der Waals surface area contributed by atoms with Gasteiger partial charge in [0.2, 0.25) is 5.91 Å². The van der Waals surface area contributed by atoms with Crippen LogP contribution in [-0.4, -0.2) is 50.9 Å². The lowest BCUT2D eigenvalue weighted by molar-refractivity contribution is -0.134. The summed E-state index contributed by atoms with van der Waals surface area (Å²) >= 11 is 0. The molecule has 1 amide bonds. The van der Waals surface area contributed by atoms with Crippen LogP contribution < -0.4 is 0 Å². The van der Waals surface area contributed by atoms with E-state index in [-0.39, 0.29) is 17.8 Å². The lowest BCUT2D eigenvalue weighted by Crippen LogP contribution is -2.46. The molecule has 146 valence electrons. The fraction of sp³-hybridized carbons (Fsp3) is 0.524. The third kappa shape index (κ3) is 5.39. The number of hydrogen-bond acceptors (Lipinski definition) is 3. The lowest BCUT2D eigenvalue weighted by Gasteiger charge is -2.35. The van der Waals surface area contributed by atoms with E-state index in [9.17, 15) is 9.18 Å². The molecular weight excluding hydrogens is 343 g/mol. The minimum atomic E-state index is -0.245. The van der Waals surface area contributed by atoms with Crippen LogP contribution in [-0.2, 0) is 17.9 Å². The highest BCUT2D eigenvalue weighted by Gasteiger charge is 2.31. The number of hydrogen-bond donors (Lipinski definition) is 0. The van der Waals surface area contributed by atoms with Crippen molar-refractivity contribution in [1.82, 2.24) is 19.4 Å². The summed E-state index contributed by atoms with van der Waals surface area (Å²) < 4.78 is 15.3. The van der Waals surface area contributed by atoms with Crippen LogP contribution in [0.2, 0.25) is 0 Å². The first-order chi connectivity index (χ1) is 13.0. The van der Waals surface area contributed by atoms with E-state index >= 15 is 0 Å². The van der Waals surface area contributed by atoms with E-state index in [1.807, 2.05) is 17.4 Å². The van der Waals surface area contributed by atoms with Crippen LogP contribution >= 0.6 is 0 Å². The van der Waals surface area contributed by atoms with Gasteiger partial charge in [0.25, 0.3) is 0 Å². The standard InChI is InChI=1S/C21H29FN4O/c1-17(2)20-15-24(10-3-11-25-13-9-23-16-25)12-8-21(27)26(20)14-18-4-6-19(22)7-5-18/h4-7,9,13,16-17,20H,3,8,10-12,14-15H2,1-2H3/t20-/m0/s1. The molecule has 1 aromatic heterocycles. The Morgan fingerprint density at radius 1 is 1.22 bits per heavy atom. The second-order valence-corrected chi connectivity index (χ2v) is 7.66. The van der Waals surface area contributed by atoms with Crippen molar-refractivity contribution in [2.75, 3.05) is 19.6 Å². The summed E-state index contributed by atoms with van der Waals surface area (Å²) in [5, 5.41) is 0. The third-order valence-electron chi connectivity index (χ3n) is 5.29. The molecule has 27 heavy (non-hydrogen) atoms. The van der Waals surface area contributed by atoms with Crippen molar-refractivity contribution in [2.45, 2.75) is 45.8 Å². The van der Waals surface area contributed by atoms with Gasteiger partial charge < -0.3 is 14.4 Å². The maximum absolute atomic E-state index is 13.2. The SMILES string of the molecule is CC(C)[C@@H]1CN(CCCn2ccnc2)CCC(=O)N1Cc1ccc(F)cc1. The minimum Gasteiger partial charge on any atom is -0.337 e. The van der Waals surface area contributed by atoms with Crippen molar-refractivity contribution in [3.8, 4) is 0 Å². The molecule has 3 rings (SSSR count). The molecule has 6 heteroatoms. The fourth-order valence-corrected chi connectivity index (χ4v) is 3.70. The Balaban J connectivity index is 1.63. The summed E-state index contributed by atoms with van der Waals surface area (Å²) in [6.07, 6.45) is 7.19. The molecule has 0 aliphatic carbocycles. The number of imidazole rings is 1. The van der Waals surface area contributed by atoms with Gasteiger partial charge in [-0.25, -0.2) is 9.37 Å². The van der Waals surface area contributed by atoms with Gasteiger partial charge in [-0.3, -0.25) is 4.79 Å². The van der Waals surface area contributed by atoms with Gasteiger partial charge >= 0.3 is 0 Å². The Labute approximate surface area is 160 Å². The van der Waals surface area contributed by atoms with Gasteiger partial charge in [-0.15, -0.1) is 0 Å². The zero-order valence-corrected chi connectivity index (χ0v) is 16.2. The Bertz CT molecular complexity index is 714. The molecule has 1 fully saturated rings. The second kappa shape index (κ2) is 9.13. The van der Waals surface area contributed by atoms with Crippen molar-refractivity contribution in [3.63, 3.8) is 0 Å². The molecule has 0 spiro atoms. The largest absolute Gasteiger partial charge is 0.337 e. The van der Waals surface area contributed by atoms with Crippen molar-refractivity contribution in [2.24, 2.45) is 5.92 Å². The highest BCUT2D eigenvalue weighted by atomic mass is 19.1. The zero-order valence-electron chi connectivity index (χ0n) is 16.2. The number of carbonyl (C=O) groups is 1. The van der Waals surface area contributed by atoms with Crippen LogP contribution in [0.15, 0.2) is 43.0 Å². The van der Waals surface area contributed by atoms with Crippen molar-refractivity contribution in [3.05, 3.63) is 54.4 Å². The van der Waals surface area contributed by atoms with E-state index in [4.69, 9.17) is 0 Å². The Hall–Kier alpha value is -2.21. The molecule has 1 aliphatic rings. The second-order valence-electron chi connectivity index (χ2n) is 7.66. The summed E-state index contributed by atoms with van der Waals surface area (Å²) in [6.45, 7) is 8.48. The van der Waals surface area contributed by atoms with Gasteiger partial charge in [-0.2, -0.15) is 0 Å². The molecule has 0 bridgehead atoms. The molecule has 1 atom stereocenters. The quantitative estimate of drug-likeness (QED) is 0.750. The molecule has 0 N–H and O–H groups in total. The van der Waals surface area contributed by atoms with Gasteiger partial charge in [0.1, 0.15) is 5.82 Å². The van der Waals surface area contributed by atoms with Crippen molar-refractivity contribution < 1.29 is 9.18 Å². The highest BCUT2D eigenvalue weighted by molar-refractivity contribution is 5.77. The number of carbonyl (C=O) groups excluding carboxylic acids is 1. The number of halogens is 1. The van der Waals surface area contributed by atoms with E-state index < -0.39 is 0 Å². The molecule has 2 heterocycles. The average Bonchev–Trinajstić information content (AvgIpc) is 3.11. The lowest BCUT2D eigenvalue weighted by atomic mass is 10.0. The predicted molar refractivity (Wildman–Crippen MR) is 103 cm³/mol. The normalized spacial score (nSPS) is 18.9. The number of amides is 1. The monoisotopic (exact) mass is 372 g/mol. The summed E-state index contributed by atoms with van der Waals surface area (Å²) in [4.78, 5) is 21.3. The summed E-state index contributed by atoms with van der Waals surface area (Å²) in [7, 11) is 0. The Morgan fingerprint density at radius 3 is 2.67 bits per heavy atom. The number of nitrogens with zero attached hydrogens (tertiary/aromatic N) is 4. The van der Waals surface area contributed by atoms with Crippen LogP contribution in [0.1, 0.15) is 32.3 Å². The molecule has 1 aromatic carbocycles. The number of aromatic nitrogens is 2. The topological polar surface area (TPSA) is 41.4 Å². The number of rotatable bonds is 7. The Morgan fingerprint density at radius 2 is 2.00 bits per heavy atom. The van der Waals surface area contributed by atoms with Crippen LogP contribution in [0.3, 0.4) is 0 Å². The molecular formula is C21H29FN4O. The first kappa shape index (κ1) is 19.5. The molecule has 0 saturated carbocycles. The van der Waals surface area contributed by atoms with Gasteiger partial charge in [0.15, 0.2) is 0 Å². The van der Waals surface area contributed by atoms with Crippen LogP contribution in [0.4, 0.5) is 4.39 Å².